The summed E-state index contributed by atoms with van der Waals surface area (Å²) in [4.78, 5) is 27.3. The number of benzene rings is 2. The minimum atomic E-state index is -3.93. The van der Waals surface area contributed by atoms with Crippen molar-refractivity contribution < 1.29 is 18.1 Å². The van der Waals surface area contributed by atoms with E-state index < -0.39 is 20.9 Å². The van der Waals surface area contributed by atoms with Crippen LogP contribution in [0.2, 0.25) is 5.02 Å². The lowest BCUT2D eigenvalue weighted by Gasteiger charge is -2.12. The van der Waals surface area contributed by atoms with Crippen LogP contribution < -0.4 is 0 Å². The molecule has 1 aliphatic heterocycles. The average molecular weight is 436 g/mol. The first-order valence-corrected chi connectivity index (χ1v) is 10.5. The summed E-state index contributed by atoms with van der Waals surface area (Å²) in [6, 6.07) is 10.3. The number of nitro groups is 1. The molecular weight excluding hydrogens is 426 g/mol. The van der Waals surface area contributed by atoms with Crippen molar-refractivity contribution in [2.24, 2.45) is 0 Å². The summed E-state index contributed by atoms with van der Waals surface area (Å²) in [5.74, 6) is -0.602. The number of carbonyl (C=O) groups excluding carboxylic acids is 1. The SMILES string of the molecule is O=C1c2ccccc2S(=O)(=O)N1Cc1nc(-c2ccc(Cl)c([N+](=O)[O-])c2)cs1. The second-order valence-corrected chi connectivity index (χ2v) is 9.04. The molecule has 0 aliphatic carbocycles. The first-order chi connectivity index (χ1) is 13.3. The monoisotopic (exact) mass is 435 g/mol. The standard InChI is InChI=1S/C17H10ClN3O5S2/c18-12-6-5-10(7-14(12)21(23)24)13-9-27-16(19-13)8-20-17(22)11-3-1-2-4-15(11)28(20,25)26/h1-7,9H,8H2. The molecule has 3 aromatic rings. The fourth-order valence-electron chi connectivity index (χ4n) is 2.84. The van der Waals surface area contributed by atoms with Crippen molar-refractivity contribution in [1.29, 1.82) is 0 Å². The topological polar surface area (TPSA) is 110 Å². The third-order valence-electron chi connectivity index (χ3n) is 4.18. The number of hydrogen-bond donors (Lipinski definition) is 0. The number of fused-ring (bicyclic) bond motifs is 1. The van der Waals surface area contributed by atoms with Crippen molar-refractivity contribution in [3.05, 3.63) is 73.6 Å². The fourth-order valence-corrected chi connectivity index (χ4v) is 5.43. The Labute approximate surface area is 168 Å². The predicted molar refractivity (Wildman–Crippen MR) is 103 cm³/mol. The summed E-state index contributed by atoms with van der Waals surface area (Å²) in [6.07, 6.45) is 0. The van der Waals surface area contributed by atoms with Gasteiger partial charge in [0.2, 0.25) is 0 Å². The van der Waals surface area contributed by atoms with Gasteiger partial charge in [-0.25, -0.2) is 17.7 Å². The van der Waals surface area contributed by atoms with Gasteiger partial charge in [0.25, 0.3) is 21.6 Å². The van der Waals surface area contributed by atoms with Crippen LogP contribution in [-0.2, 0) is 16.6 Å². The van der Waals surface area contributed by atoms with Crippen LogP contribution in [0.3, 0.4) is 0 Å². The maximum Gasteiger partial charge on any atom is 0.288 e. The number of thiazole rings is 1. The van der Waals surface area contributed by atoms with E-state index in [1.807, 2.05) is 0 Å². The smallest absolute Gasteiger partial charge is 0.268 e. The largest absolute Gasteiger partial charge is 0.288 e. The number of sulfonamides is 1. The molecule has 0 radical (unpaired) electrons. The Hall–Kier alpha value is -2.82. The van der Waals surface area contributed by atoms with E-state index in [-0.39, 0.29) is 27.7 Å². The van der Waals surface area contributed by atoms with Crippen LogP contribution in [-0.4, -0.2) is 28.5 Å². The highest BCUT2D eigenvalue weighted by Crippen LogP contribution is 2.34. The highest BCUT2D eigenvalue weighted by atomic mass is 35.5. The molecule has 8 nitrogen and oxygen atoms in total. The zero-order valence-electron chi connectivity index (χ0n) is 13.9. The summed E-state index contributed by atoms with van der Waals surface area (Å²) in [6.45, 7) is -0.212. The van der Waals surface area contributed by atoms with Crippen LogP contribution >= 0.6 is 22.9 Å². The first-order valence-electron chi connectivity index (χ1n) is 7.84. The highest BCUT2D eigenvalue weighted by Gasteiger charge is 2.41. The molecule has 0 saturated heterocycles. The molecule has 142 valence electrons. The van der Waals surface area contributed by atoms with Gasteiger partial charge in [-0.15, -0.1) is 11.3 Å². The molecule has 28 heavy (non-hydrogen) atoms. The Morgan fingerprint density at radius 1 is 1.21 bits per heavy atom. The molecule has 2 heterocycles. The van der Waals surface area contributed by atoms with E-state index in [0.29, 0.717) is 16.3 Å². The summed E-state index contributed by atoms with van der Waals surface area (Å²) in [5.41, 5.74) is 0.785. The Morgan fingerprint density at radius 2 is 1.96 bits per heavy atom. The van der Waals surface area contributed by atoms with Gasteiger partial charge in [-0.2, -0.15) is 0 Å². The Morgan fingerprint density at radius 3 is 2.68 bits per heavy atom. The van der Waals surface area contributed by atoms with Gasteiger partial charge in [0.15, 0.2) is 0 Å². The summed E-state index contributed by atoms with van der Waals surface area (Å²) >= 11 is 6.98. The Balaban J connectivity index is 1.64. The average Bonchev–Trinajstić information content (AvgIpc) is 3.20. The summed E-state index contributed by atoms with van der Waals surface area (Å²) in [7, 11) is -3.93. The van der Waals surface area contributed by atoms with E-state index in [0.717, 1.165) is 15.6 Å². The predicted octanol–water partition coefficient (Wildman–Crippen LogP) is 3.72. The summed E-state index contributed by atoms with van der Waals surface area (Å²) < 4.78 is 26.0. The van der Waals surface area contributed by atoms with Crippen LogP contribution in [0.25, 0.3) is 11.3 Å². The van der Waals surface area contributed by atoms with E-state index in [9.17, 15) is 23.3 Å². The van der Waals surface area contributed by atoms with E-state index in [1.165, 1.54) is 24.3 Å². The third kappa shape index (κ3) is 2.95. The van der Waals surface area contributed by atoms with E-state index in [4.69, 9.17) is 11.6 Å². The highest BCUT2D eigenvalue weighted by molar-refractivity contribution is 7.90. The van der Waals surface area contributed by atoms with Gasteiger partial charge in [-0.1, -0.05) is 29.8 Å². The number of amides is 1. The van der Waals surface area contributed by atoms with Crippen molar-refractivity contribution in [1.82, 2.24) is 9.29 Å². The van der Waals surface area contributed by atoms with Crippen LogP contribution in [0, 0.1) is 10.1 Å². The minimum absolute atomic E-state index is 0.00993. The number of nitrogens with zero attached hydrogens (tertiary/aromatic N) is 3. The minimum Gasteiger partial charge on any atom is -0.268 e. The molecule has 1 aromatic heterocycles. The molecular formula is C17H10ClN3O5S2. The Kier molecular flexibility index (Phi) is 4.41. The number of hydrogen-bond acceptors (Lipinski definition) is 7. The maximum atomic E-state index is 12.6. The molecule has 0 saturated carbocycles. The van der Waals surface area contributed by atoms with Crippen molar-refractivity contribution in [2.75, 3.05) is 0 Å². The molecule has 4 rings (SSSR count). The van der Waals surface area contributed by atoms with Crippen molar-refractivity contribution >= 4 is 44.6 Å². The second-order valence-electron chi connectivity index (χ2n) is 5.86. The zero-order chi connectivity index (χ0) is 20.1. The third-order valence-corrected chi connectivity index (χ3v) is 7.12. The Bertz CT molecular complexity index is 1240. The number of halogens is 1. The lowest BCUT2D eigenvalue weighted by molar-refractivity contribution is -0.384. The van der Waals surface area contributed by atoms with E-state index >= 15 is 0 Å². The van der Waals surface area contributed by atoms with Gasteiger partial charge in [0, 0.05) is 17.0 Å². The van der Waals surface area contributed by atoms with Gasteiger partial charge in [-0.05, 0) is 18.2 Å². The molecule has 2 aromatic carbocycles. The molecule has 0 spiro atoms. The maximum absolute atomic E-state index is 12.6. The van der Waals surface area contributed by atoms with Crippen LogP contribution in [0.1, 0.15) is 15.4 Å². The number of carbonyl (C=O) groups is 1. The van der Waals surface area contributed by atoms with Gasteiger partial charge in [0.05, 0.1) is 22.7 Å². The normalized spacial score (nSPS) is 14.9. The second kappa shape index (κ2) is 6.66. The van der Waals surface area contributed by atoms with Crippen LogP contribution in [0.5, 0.6) is 0 Å². The van der Waals surface area contributed by atoms with Gasteiger partial charge >= 0.3 is 0 Å². The lowest BCUT2D eigenvalue weighted by Crippen LogP contribution is -2.29. The fraction of sp³-hybridized carbons (Fsp3) is 0.0588. The van der Waals surface area contributed by atoms with Gasteiger partial charge in [-0.3, -0.25) is 14.9 Å². The zero-order valence-corrected chi connectivity index (χ0v) is 16.3. The molecule has 0 N–H and O–H groups in total. The molecule has 1 aliphatic rings. The van der Waals surface area contributed by atoms with Crippen molar-refractivity contribution in [3.8, 4) is 11.3 Å². The number of aromatic nitrogens is 1. The van der Waals surface area contributed by atoms with Crippen molar-refractivity contribution in [2.45, 2.75) is 11.4 Å². The molecule has 0 unspecified atom stereocenters. The van der Waals surface area contributed by atoms with Gasteiger partial charge in [0.1, 0.15) is 14.9 Å². The molecule has 11 heteroatoms. The lowest BCUT2D eigenvalue weighted by atomic mass is 10.1. The van der Waals surface area contributed by atoms with Gasteiger partial charge < -0.3 is 0 Å². The van der Waals surface area contributed by atoms with Crippen molar-refractivity contribution in [3.63, 3.8) is 0 Å². The van der Waals surface area contributed by atoms with E-state index in [2.05, 4.69) is 4.98 Å². The molecule has 0 atom stereocenters. The van der Waals surface area contributed by atoms with E-state index in [1.54, 1.807) is 23.6 Å². The molecule has 1 amide bonds. The summed E-state index contributed by atoms with van der Waals surface area (Å²) in [5, 5.41) is 13.1. The van der Waals surface area contributed by atoms with Crippen LogP contribution in [0.4, 0.5) is 5.69 Å². The quantitative estimate of drug-likeness (QED) is 0.456. The first kappa shape index (κ1) is 18.5. The molecule has 0 bridgehead atoms. The number of nitro benzene ring substituents is 1. The van der Waals surface area contributed by atoms with Crippen LogP contribution in [0.15, 0.2) is 52.7 Å². The molecule has 0 fully saturated rings. The number of rotatable bonds is 4.